The molecule has 0 amide bonds. The molecule has 20 heavy (non-hydrogen) atoms. The largest absolute Gasteiger partial charge is 0.373 e. The number of halogens is 1. The van der Waals surface area contributed by atoms with Gasteiger partial charge in [0.1, 0.15) is 5.60 Å². The van der Waals surface area contributed by atoms with E-state index >= 15 is 0 Å². The van der Waals surface area contributed by atoms with Gasteiger partial charge in [-0.15, -0.1) is 0 Å². The van der Waals surface area contributed by atoms with Crippen LogP contribution in [-0.4, -0.2) is 42.8 Å². The van der Waals surface area contributed by atoms with E-state index in [1.807, 2.05) is 24.3 Å². The summed E-state index contributed by atoms with van der Waals surface area (Å²) in [5, 5.41) is 0.776. The number of hydrogen-bond acceptors (Lipinski definition) is 3. The Morgan fingerprint density at radius 3 is 2.55 bits per heavy atom. The lowest BCUT2D eigenvalue weighted by molar-refractivity contribution is -0.00585. The second kappa shape index (κ2) is 6.02. The molecule has 0 aromatic heterocycles. The fourth-order valence-corrected chi connectivity index (χ4v) is 2.84. The van der Waals surface area contributed by atoms with E-state index in [2.05, 4.69) is 11.8 Å². The molecule has 0 aliphatic carbocycles. The summed E-state index contributed by atoms with van der Waals surface area (Å²) in [6, 6.07) is 7.89. The highest BCUT2D eigenvalue weighted by atomic mass is 35.5. The first-order valence-electron chi connectivity index (χ1n) is 7.35. The Morgan fingerprint density at radius 1 is 1.30 bits per heavy atom. The average Bonchev–Trinajstić information content (AvgIpc) is 3.17. The minimum absolute atomic E-state index is 0.136. The van der Waals surface area contributed by atoms with Crippen LogP contribution in [0.4, 0.5) is 0 Å². The molecule has 0 radical (unpaired) electrons. The van der Waals surface area contributed by atoms with Crippen molar-refractivity contribution in [1.29, 1.82) is 0 Å². The maximum Gasteiger partial charge on any atom is 0.101 e. The van der Waals surface area contributed by atoms with E-state index in [1.54, 1.807) is 0 Å². The van der Waals surface area contributed by atoms with Gasteiger partial charge in [-0.3, -0.25) is 0 Å². The normalized spacial score (nSPS) is 27.7. The summed E-state index contributed by atoms with van der Waals surface area (Å²) >= 11 is 5.88. The van der Waals surface area contributed by atoms with Crippen molar-refractivity contribution in [3.8, 4) is 0 Å². The summed E-state index contributed by atoms with van der Waals surface area (Å²) in [6.07, 6.45) is 2.61. The number of benzene rings is 1. The number of piperidine rings is 1. The zero-order chi connectivity index (χ0) is 14.0. The summed E-state index contributed by atoms with van der Waals surface area (Å²) < 4.78 is 11.5. The van der Waals surface area contributed by atoms with Crippen LogP contribution in [0.5, 0.6) is 0 Å². The third kappa shape index (κ3) is 3.95. The first-order valence-corrected chi connectivity index (χ1v) is 7.73. The second-order valence-corrected chi connectivity index (χ2v) is 6.59. The van der Waals surface area contributed by atoms with Gasteiger partial charge in [-0.25, -0.2) is 0 Å². The van der Waals surface area contributed by atoms with Gasteiger partial charge in [0, 0.05) is 24.7 Å². The molecule has 0 spiro atoms. The van der Waals surface area contributed by atoms with Crippen LogP contribution in [0, 0.1) is 0 Å². The molecule has 1 aromatic carbocycles. The summed E-state index contributed by atoms with van der Waals surface area (Å²) in [5.74, 6) is 0. The predicted octanol–water partition coefficient (Wildman–Crippen LogP) is 3.11. The van der Waals surface area contributed by atoms with Gasteiger partial charge in [0.05, 0.1) is 19.3 Å². The number of likely N-dealkylation sites (tertiary alicyclic amines) is 1. The molecule has 1 atom stereocenters. The molecule has 1 aromatic rings. The summed E-state index contributed by atoms with van der Waals surface area (Å²) in [6.45, 7) is 7.09. The number of epoxide rings is 1. The topological polar surface area (TPSA) is 25.0 Å². The van der Waals surface area contributed by atoms with Crippen molar-refractivity contribution < 1.29 is 9.47 Å². The minimum atomic E-state index is 0.136. The maximum atomic E-state index is 6.00. The Bertz CT molecular complexity index is 436. The van der Waals surface area contributed by atoms with E-state index in [4.69, 9.17) is 21.1 Å². The van der Waals surface area contributed by atoms with E-state index in [0.29, 0.717) is 12.7 Å². The molecular formula is C16H22ClNO2. The minimum Gasteiger partial charge on any atom is -0.373 e. The Morgan fingerprint density at radius 2 is 1.95 bits per heavy atom. The van der Waals surface area contributed by atoms with Gasteiger partial charge in [0.2, 0.25) is 0 Å². The third-order valence-corrected chi connectivity index (χ3v) is 4.38. The Balaban J connectivity index is 1.39. The van der Waals surface area contributed by atoms with E-state index < -0.39 is 0 Å². The van der Waals surface area contributed by atoms with Crippen LogP contribution >= 0.6 is 11.6 Å². The summed E-state index contributed by atoms with van der Waals surface area (Å²) in [4.78, 5) is 2.50. The molecule has 2 aliphatic heterocycles. The molecule has 0 bridgehead atoms. The first-order chi connectivity index (χ1) is 9.63. The SMILES string of the molecule is CC1(CN2CCC(OCc3ccc(Cl)cc3)CC2)CO1. The molecule has 2 fully saturated rings. The Hall–Kier alpha value is -0.610. The Labute approximate surface area is 125 Å². The smallest absolute Gasteiger partial charge is 0.101 e. The maximum absolute atomic E-state index is 6.00. The van der Waals surface area contributed by atoms with E-state index in [-0.39, 0.29) is 5.60 Å². The molecule has 0 saturated carbocycles. The highest BCUT2D eigenvalue weighted by molar-refractivity contribution is 6.30. The Kier molecular flexibility index (Phi) is 4.32. The van der Waals surface area contributed by atoms with Crippen molar-refractivity contribution in [2.24, 2.45) is 0 Å². The second-order valence-electron chi connectivity index (χ2n) is 6.15. The van der Waals surface area contributed by atoms with E-state index in [0.717, 1.165) is 44.1 Å². The van der Waals surface area contributed by atoms with E-state index in [9.17, 15) is 0 Å². The molecule has 110 valence electrons. The van der Waals surface area contributed by atoms with Gasteiger partial charge in [0.15, 0.2) is 0 Å². The molecule has 1 unspecified atom stereocenters. The highest BCUT2D eigenvalue weighted by Crippen LogP contribution is 2.28. The molecule has 2 aliphatic rings. The van der Waals surface area contributed by atoms with Crippen molar-refractivity contribution >= 4 is 11.6 Å². The van der Waals surface area contributed by atoms with Gasteiger partial charge in [-0.05, 0) is 37.5 Å². The fraction of sp³-hybridized carbons (Fsp3) is 0.625. The fourth-order valence-electron chi connectivity index (χ4n) is 2.72. The summed E-state index contributed by atoms with van der Waals surface area (Å²) in [5.41, 5.74) is 1.33. The lowest BCUT2D eigenvalue weighted by Crippen LogP contribution is -2.41. The molecule has 3 nitrogen and oxygen atoms in total. The van der Waals surface area contributed by atoms with Crippen molar-refractivity contribution in [2.75, 3.05) is 26.2 Å². The van der Waals surface area contributed by atoms with Crippen LogP contribution in [0.25, 0.3) is 0 Å². The van der Waals surface area contributed by atoms with Crippen LogP contribution in [0.15, 0.2) is 24.3 Å². The highest BCUT2D eigenvalue weighted by Gasteiger charge is 2.41. The lowest BCUT2D eigenvalue weighted by Gasteiger charge is -2.32. The number of ether oxygens (including phenoxy) is 2. The van der Waals surface area contributed by atoms with Gasteiger partial charge in [-0.1, -0.05) is 23.7 Å². The van der Waals surface area contributed by atoms with Crippen molar-refractivity contribution in [2.45, 2.75) is 38.1 Å². The van der Waals surface area contributed by atoms with Crippen molar-refractivity contribution in [3.63, 3.8) is 0 Å². The molecular weight excluding hydrogens is 274 g/mol. The number of rotatable bonds is 5. The molecule has 2 saturated heterocycles. The molecule has 4 heteroatoms. The zero-order valence-corrected chi connectivity index (χ0v) is 12.7. The lowest BCUT2D eigenvalue weighted by atomic mass is 10.1. The molecule has 2 heterocycles. The van der Waals surface area contributed by atoms with E-state index in [1.165, 1.54) is 5.56 Å². The summed E-state index contributed by atoms with van der Waals surface area (Å²) in [7, 11) is 0. The van der Waals surface area contributed by atoms with Crippen LogP contribution < -0.4 is 0 Å². The quantitative estimate of drug-likeness (QED) is 0.780. The van der Waals surface area contributed by atoms with Crippen LogP contribution in [0.1, 0.15) is 25.3 Å². The monoisotopic (exact) mass is 295 g/mol. The van der Waals surface area contributed by atoms with Crippen LogP contribution in [-0.2, 0) is 16.1 Å². The zero-order valence-electron chi connectivity index (χ0n) is 12.0. The van der Waals surface area contributed by atoms with Crippen LogP contribution in [0.3, 0.4) is 0 Å². The third-order valence-electron chi connectivity index (χ3n) is 4.13. The van der Waals surface area contributed by atoms with Crippen molar-refractivity contribution in [3.05, 3.63) is 34.9 Å². The van der Waals surface area contributed by atoms with Gasteiger partial charge in [-0.2, -0.15) is 0 Å². The average molecular weight is 296 g/mol. The predicted molar refractivity (Wildman–Crippen MR) is 80.1 cm³/mol. The number of hydrogen-bond donors (Lipinski definition) is 0. The molecule has 3 rings (SSSR count). The van der Waals surface area contributed by atoms with Gasteiger partial charge >= 0.3 is 0 Å². The standard InChI is InChI=1S/C16H22ClNO2/c1-16(12-20-16)11-18-8-6-15(7-9-18)19-10-13-2-4-14(17)5-3-13/h2-5,15H,6-12H2,1H3. The first kappa shape index (κ1) is 14.3. The van der Waals surface area contributed by atoms with Gasteiger partial charge in [0.25, 0.3) is 0 Å². The molecule has 0 N–H and O–H groups in total. The van der Waals surface area contributed by atoms with Crippen molar-refractivity contribution in [1.82, 2.24) is 4.90 Å². The van der Waals surface area contributed by atoms with Gasteiger partial charge < -0.3 is 14.4 Å². The van der Waals surface area contributed by atoms with Crippen LogP contribution in [0.2, 0.25) is 5.02 Å². The number of nitrogens with zero attached hydrogens (tertiary/aromatic N) is 1.